The number of nitrogens with two attached hydrogens (primary N) is 1. The zero-order chi connectivity index (χ0) is 38.6. The predicted molar refractivity (Wildman–Crippen MR) is 238 cm³/mol. The number of rotatable bonds is 8. The van der Waals surface area contributed by atoms with E-state index < -0.39 is 0 Å². The van der Waals surface area contributed by atoms with Crippen LogP contribution in [0.4, 0.5) is 0 Å². The fraction of sp³-hybridized carbons (Fsp3) is 0.0385. The minimum atomic E-state index is 0.493. The van der Waals surface area contributed by atoms with Gasteiger partial charge in [0.15, 0.2) is 0 Å². The van der Waals surface area contributed by atoms with Gasteiger partial charge in [0, 0.05) is 38.2 Å². The summed E-state index contributed by atoms with van der Waals surface area (Å²) in [6, 6.07) is 64.2. The Balaban J connectivity index is 0.000000219. The van der Waals surface area contributed by atoms with Crippen LogP contribution in [0.15, 0.2) is 207 Å². The van der Waals surface area contributed by atoms with Crippen LogP contribution >= 0.6 is 0 Å². The molecular weight excluding hydrogens is 699 g/mol. The zero-order valence-electron chi connectivity index (χ0n) is 31.3. The molecule has 0 bridgehead atoms. The fourth-order valence-corrected chi connectivity index (χ4v) is 7.62. The van der Waals surface area contributed by atoms with E-state index >= 15 is 0 Å². The molecule has 57 heavy (non-hydrogen) atoms. The first-order valence-corrected chi connectivity index (χ1v) is 19.0. The fourth-order valence-electron chi connectivity index (χ4n) is 7.62. The molecule has 0 aliphatic heterocycles. The van der Waals surface area contributed by atoms with E-state index in [2.05, 4.69) is 133 Å². The number of hydrogen-bond donors (Lipinski definition) is 1. The predicted octanol–water partition coefficient (Wildman–Crippen LogP) is 13.3. The summed E-state index contributed by atoms with van der Waals surface area (Å²) in [4.78, 5) is 8.77. The summed E-state index contributed by atoms with van der Waals surface area (Å²) in [5, 5.41) is 4.30. The van der Waals surface area contributed by atoms with Gasteiger partial charge in [-0.15, -0.1) is 0 Å². The monoisotopic (exact) mass is 737 g/mol. The number of aliphatic imine (C=N–C) groups is 2. The van der Waals surface area contributed by atoms with Gasteiger partial charge in [-0.1, -0.05) is 152 Å². The highest BCUT2D eigenvalue weighted by atomic mass is 16.3. The lowest BCUT2D eigenvalue weighted by atomic mass is 9.93. The van der Waals surface area contributed by atoms with Gasteiger partial charge in [-0.05, 0) is 76.5 Å². The lowest BCUT2D eigenvalue weighted by molar-refractivity contribution is 0.668. The van der Waals surface area contributed by atoms with Crippen molar-refractivity contribution < 1.29 is 8.83 Å². The Morgan fingerprint density at radius 3 is 1.79 bits per heavy atom. The van der Waals surface area contributed by atoms with Gasteiger partial charge in [-0.2, -0.15) is 0 Å². The summed E-state index contributed by atoms with van der Waals surface area (Å²) in [6.07, 6.45) is 0. The topological polar surface area (TPSA) is 77.0 Å². The average molecular weight is 738 g/mol. The molecule has 8 aromatic carbocycles. The van der Waals surface area contributed by atoms with Crippen molar-refractivity contribution in [3.63, 3.8) is 0 Å². The number of furan rings is 2. The minimum absolute atomic E-state index is 0.493. The molecule has 0 amide bonds. The molecule has 5 nitrogen and oxygen atoms in total. The van der Waals surface area contributed by atoms with Crippen LogP contribution in [-0.2, 0) is 13.1 Å². The Morgan fingerprint density at radius 2 is 1.09 bits per heavy atom. The standard InChI is InChI=1S/C38H28N2O.C14H11NO/c39-38(40-25-26-13-5-1-6-14-26)32-22-21-31(28-17-9-3-10-18-28)37-35(32)34-24-30(27-15-7-2-8-16-27)23-33(36(34)41-37)29-19-11-4-12-20-29;1-15-9-10-5-4-8-13-14(10)11-6-2-3-7-12(11)16-13/h1-24H,25H2,(H2,39,40);2-8H,1,9H2. The van der Waals surface area contributed by atoms with E-state index in [-0.39, 0.29) is 0 Å². The van der Waals surface area contributed by atoms with E-state index in [0.717, 1.165) is 93.9 Å². The van der Waals surface area contributed by atoms with Crippen molar-refractivity contribution in [3.8, 4) is 33.4 Å². The summed E-state index contributed by atoms with van der Waals surface area (Å²) in [7, 11) is 0. The number of benzene rings is 8. The maximum absolute atomic E-state index is 6.86. The summed E-state index contributed by atoms with van der Waals surface area (Å²) in [5.41, 5.74) is 19.9. The first-order valence-electron chi connectivity index (χ1n) is 19.0. The van der Waals surface area contributed by atoms with Crippen LogP contribution in [0.3, 0.4) is 0 Å². The van der Waals surface area contributed by atoms with Gasteiger partial charge in [0.25, 0.3) is 0 Å². The lowest BCUT2D eigenvalue weighted by Crippen LogP contribution is -2.14. The van der Waals surface area contributed by atoms with Crippen molar-refractivity contribution in [2.45, 2.75) is 13.1 Å². The third-order valence-corrected chi connectivity index (χ3v) is 10.3. The van der Waals surface area contributed by atoms with Crippen molar-refractivity contribution in [1.82, 2.24) is 0 Å². The second-order valence-corrected chi connectivity index (χ2v) is 13.9. The van der Waals surface area contributed by atoms with Crippen LogP contribution in [0.2, 0.25) is 0 Å². The summed E-state index contributed by atoms with van der Waals surface area (Å²) < 4.78 is 12.6. The van der Waals surface area contributed by atoms with Crippen molar-refractivity contribution in [2.24, 2.45) is 15.7 Å². The smallest absolute Gasteiger partial charge is 0.144 e. The molecule has 2 heterocycles. The maximum Gasteiger partial charge on any atom is 0.144 e. The van der Waals surface area contributed by atoms with Crippen molar-refractivity contribution in [2.75, 3.05) is 0 Å². The Morgan fingerprint density at radius 1 is 0.474 bits per heavy atom. The molecule has 0 atom stereocenters. The SMILES string of the molecule is C=NCc1cccc2oc3ccccc3c12.NC(=NCc1ccccc1)c1ccc(-c2ccccc2)c2oc3c(-c4ccccc4)cc(-c4ccccc4)cc3c12. The summed E-state index contributed by atoms with van der Waals surface area (Å²) >= 11 is 0. The first kappa shape index (κ1) is 35.2. The minimum Gasteiger partial charge on any atom is -0.456 e. The average Bonchev–Trinajstić information content (AvgIpc) is 3.86. The van der Waals surface area contributed by atoms with Crippen molar-refractivity contribution in [3.05, 3.63) is 205 Å². The van der Waals surface area contributed by atoms with Crippen LogP contribution in [0.1, 0.15) is 16.7 Å². The second-order valence-electron chi connectivity index (χ2n) is 13.9. The van der Waals surface area contributed by atoms with Gasteiger partial charge < -0.3 is 14.6 Å². The lowest BCUT2D eigenvalue weighted by Gasteiger charge is -2.09. The molecule has 0 spiro atoms. The quantitative estimate of drug-likeness (QED) is 0.125. The van der Waals surface area contributed by atoms with Crippen LogP contribution in [-0.4, -0.2) is 12.6 Å². The highest BCUT2D eigenvalue weighted by Gasteiger charge is 2.21. The Bertz CT molecular complexity index is 3020. The molecular formula is C52H39N3O2. The highest BCUT2D eigenvalue weighted by molar-refractivity contribution is 6.22. The zero-order valence-corrected chi connectivity index (χ0v) is 31.3. The molecule has 0 saturated carbocycles. The maximum atomic E-state index is 6.86. The van der Waals surface area contributed by atoms with E-state index in [1.54, 1.807) is 0 Å². The highest BCUT2D eigenvalue weighted by Crippen LogP contribution is 2.44. The number of amidine groups is 1. The van der Waals surface area contributed by atoms with Crippen LogP contribution in [0.5, 0.6) is 0 Å². The number of fused-ring (bicyclic) bond motifs is 6. The first-order chi connectivity index (χ1) is 28.2. The second kappa shape index (κ2) is 15.7. The van der Waals surface area contributed by atoms with Crippen LogP contribution in [0, 0.1) is 0 Å². The molecule has 2 N–H and O–H groups in total. The Kier molecular flexibility index (Phi) is 9.70. The van der Waals surface area contributed by atoms with Crippen LogP contribution < -0.4 is 5.73 Å². The van der Waals surface area contributed by atoms with E-state index in [0.29, 0.717) is 18.9 Å². The van der Waals surface area contributed by atoms with Crippen molar-refractivity contribution >= 4 is 56.4 Å². The molecule has 0 radical (unpaired) electrons. The number of nitrogens with zero attached hydrogens (tertiary/aromatic N) is 2. The molecule has 0 saturated heterocycles. The molecule has 0 aliphatic carbocycles. The molecule has 2 aromatic heterocycles. The molecule has 5 heteroatoms. The van der Waals surface area contributed by atoms with Crippen LogP contribution in [0.25, 0.3) is 77.3 Å². The van der Waals surface area contributed by atoms with Crippen molar-refractivity contribution in [1.29, 1.82) is 0 Å². The van der Waals surface area contributed by atoms with Gasteiger partial charge in [0.05, 0.1) is 13.1 Å². The number of hydrogen-bond acceptors (Lipinski definition) is 4. The Hall–Kier alpha value is -7.50. The molecule has 274 valence electrons. The number of para-hydroxylation sites is 1. The summed E-state index contributed by atoms with van der Waals surface area (Å²) in [6.45, 7) is 4.68. The van der Waals surface area contributed by atoms with E-state index in [9.17, 15) is 0 Å². The van der Waals surface area contributed by atoms with E-state index in [4.69, 9.17) is 19.6 Å². The summed E-state index contributed by atoms with van der Waals surface area (Å²) in [5.74, 6) is 0.493. The van der Waals surface area contributed by atoms with Gasteiger partial charge >= 0.3 is 0 Å². The van der Waals surface area contributed by atoms with Gasteiger partial charge in [0.1, 0.15) is 28.2 Å². The van der Waals surface area contributed by atoms with Gasteiger partial charge in [0.2, 0.25) is 0 Å². The normalized spacial score (nSPS) is 11.5. The third kappa shape index (κ3) is 6.99. The largest absolute Gasteiger partial charge is 0.456 e. The molecule has 0 fully saturated rings. The third-order valence-electron chi connectivity index (χ3n) is 10.3. The van der Waals surface area contributed by atoms with E-state index in [1.165, 1.54) is 0 Å². The molecule has 10 aromatic rings. The van der Waals surface area contributed by atoms with Gasteiger partial charge in [-0.3, -0.25) is 9.98 Å². The molecule has 0 unspecified atom stereocenters. The van der Waals surface area contributed by atoms with Gasteiger partial charge in [-0.25, -0.2) is 0 Å². The van der Waals surface area contributed by atoms with E-state index in [1.807, 2.05) is 66.7 Å². The Labute approximate surface area is 331 Å². The molecule has 10 rings (SSSR count). The molecule has 0 aliphatic rings.